The number of rotatable bonds is 0. The summed E-state index contributed by atoms with van der Waals surface area (Å²) in [5.41, 5.74) is 3.75. The molecule has 2 heteroatoms. The van der Waals surface area contributed by atoms with Gasteiger partial charge in [-0.15, -0.1) is 0 Å². The summed E-state index contributed by atoms with van der Waals surface area (Å²) < 4.78 is 2.14. The molecule has 0 atom stereocenters. The van der Waals surface area contributed by atoms with Gasteiger partial charge in [-0.25, -0.2) is 4.98 Å². The van der Waals surface area contributed by atoms with Gasteiger partial charge in [-0.05, 0) is 24.0 Å². The van der Waals surface area contributed by atoms with Crippen LogP contribution in [0.15, 0.2) is 24.5 Å². The Morgan fingerprint density at radius 1 is 1.21 bits per heavy atom. The lowest BCUT2D eigenvalue weighted by Crippen LogP contribution is -2.11. The second kappa shape index (κ2) is 2.84. The maximum absolute atomic E-state index is 4.30. The largest absolute Gasteiger partial charge is 0.304 e. The molecule has 74 valence electrons. The number of imidazole rings is 1. The zero-order valence-corrected chi connectivity index (χ0v) is 9.20. The highest BCUT2D eigenvalue weighted by Crippen LogP contribution is 2.22. The molecular weight excluding hydrogens is 172 g/mol. The molecule has 0 unspecified atom stereocenters. The van der Waals surface area contributed by atoms with Crippen molar-refractivity contribution in [2.45, 2.75) is 33.1 Å². The molecule has 0 aromatic carbocycles. The van der Waals surface area contributed by atoms with Gasteiger partial charge in [-0.2, -0.15) is 0 Å². The van der Waals surface area contributed by atoms with E-state index >= 15 is 0 Å². The van der Waals surface area contributed by atoms with Gasteiger partial charge in [0.1, 0.15) is 5.65 Å². The lowest BCUT2D eigenvalue weighted by molar-refractivity contribution is 0.586. The van der Waals surface area contributed by atoms with E-state index in [-0.39, 0.29) is 5.41 Å². The van der Waals surface area contributed by atoms with Crippen molar-refractivity contribution in [3.05, 3.63) is 35.8 Å². The molecule has 0 saturated heterocycles. The minimum absolute atomic E-state index is 0.199. The molecule has 2 aromatic rings. The van der Waals surface area contributed by atoms with E-state index in [1.54, 1.807) is 0 Å². The Balaban J connectivity index is 2.66. The molecular formula is C12H16N2. The molecule has 0 aliphatic carbocycles. The SMILES string of the molecule is Cc1cnc2ccc(C(C)(C)C)cn12. The van der Waals surface area contributed by atoms with Crippen molar-refractivity contribution < 1.29 is 0 Å². The van der Waals surface area contributed by atoms with Crippen molar-refractivity contribution in [3.63, 3.8) is 0 Å². The van der Waals surface area contributed by atoms with Gasteiger partial charge in [-0.1, -0.05) is 26.8 Å². The van der Waals surface area contributed by atoms with Crippen LogP contribution in [0.4, 0.5) is 0 Å². The number of hydrogen-bond donors (Lipinski definition) is 0. The van der Waals surface area contributed by atoms with Gasteiger partial charge in [-0.3, -0.25) is 0 Å². The van der Waals surface area contributed by atoms with E-state index in [4.69, 9.17) is 0 Å². The Morgan fingerprint density at radius 3 is 2.57 bits per heavy atom. The van der Waals surface area contributed by atoms with Gasteiger partial charge in [0.2, 0.25) is 0 Å². The fourth-order valence-corrected chi connectivity index (χ4v) is 1.55. The summed E-state index contributed by atoms with van der Waals surface area (Å²) in [5.74, 6) is 0. The Labute approximate surface area is 84.6 Å². The van der Waals surface area contributed by atoms with Gasteiger partial charge in [0.25, 0.3) is 0 Å². The van der Waals surface area contributed by atoms with Gasteiger partial charge >= 0.3 is 0 Å². The topological polar surface area (TPSA) is 17.3 Å². The van der Waals surface area contributed by atoms with Crippen LogP contribution in [0.3, 0.4) is 0 Å². The van der Waals surface area contributed by atoms with Crippen molar-refractivity contribution in [2.24, 2.45) is 0 Å². The molecule has 0 saturated carbocycles. The molecule has 14 heavy (non-hydrogen) atoms. The Morgan fingerprint density at radius 2 is 1.93 bits per heavy atom. The molecule has 0 bridgehead atoms. The minimum atomic E-state index is 0.199. The number of aryl methyl sites for hydroxylation is 1. The lowest BCUT2D eigenvalue weighted by atomic mass is 9.88. The number of aromatic nitrogens is 2. The van der Waals surface area contributed by atoms with E-state index < -0.39 is 0 Å². The van der Waals surface area contributed by atoms with Crippen molar-refractivity contribution in [1.82, 2.24) is 9.38 Å². The van der Waals surface area contributed by atoms with E-state index in [0.717, 1.165) is 5.65 Å². The number of fused-ring (bicyclic) bond motifs is 1. The standard InChI is InChI=1S/C12H16N2/c1-9-7-13-11-6-5-10(8-14(9)11)12(2,3)4/h5-8H,1-4H3. The summed E-state index contributed by atoms with van der Waals surface area (Å²) in [4.78, 5) is 4.30. The van der Waals surface area contributed by atoms with Gasteiger partial charge in [0.05, 0.1) is 0 Å². The van der Waals surface area contributed by atoms with Crippen LogP contribution in [0.2, 0.25) is 0 Å². The fourth-order valence-electron chi connectivity index (χ4n) is 1.55. The van der Waals surface area contributed by atoms with Crippen LogP contribution in [0.25, 0.3) is 5.65 Å². The summed E-state index contributed by atoms with van der Waals surface area (Å²) in [6, 6.07) is 4.23. The molecule has 0 aliphatic heterocycles. The summed E-state index contributed by atoms with van der Waals surface area (Å²) in [6.45, 7) is 8.74. The lowest BCUT2D eigenvalue weighted by Gasteiger charge is -2.19. The zero-order valence-electron chi connectivity index (χ0n) is 9.20. The highest BCUT2D eigenvalue weighted by Gasteiger charge is 2.14. The van der Waals surface area contributed by atoms with Crippen molar-refractivity contribution in [2.75, 3.05) is 0 Å². The van der Waals surface area contributed by atoms with Crippen molar-refractivity contribution >= 4 is 5.65 Å². The van der Waals surface area contributed by atoms with E-state index in [2.05, 4.69) is 55.4 Å². The molecule has 2 heterocycles. The maximum atomic E-state index is 4.30. The molecule has 0 radical (unpaired) electrons. The molecule has 0 aliphatic rings. The average molecular weight is 188 g/mol. The summed E-state index contributed by atoms with van der Waals surface area (Å²) in [5, 5.41) is 0. The molecule has 2 rings (SSSR count). The number of nitrogens with zero attached hydrogens (tertiary/aromatic N) is 2. The molecule has 2 nitrogen and oxygen atoms in total. The number of pyridine rings is 1. The van der Waals surface area contributed by atoms with Crippen LogP contribution >= 0.6 is 0 Å². The molecule has 2 aromatic heterocycles. The Hall–Kier alpha value is -1.31. The third kappa shape index (κ3) is 1.41. The van der Waals surface area contributed by atoms with E-state index in [0.29, 0.717) is 0 Å². The molecule has 0 spiro atoms. The Bertz CT molecular complexity index is 461. The van der Waals surface area contributed by atoms with E-state index in [1.807, 2.05) is 6.20 Å². The van der Waals surface area contributed by atoms with Crippen molar-refractivity contribution in [3.8, 4) is 0 Å². The van der Waals surface area contributed by atoms with Crippen LogP contribution in [0.1, 0.15) is 32.0 Å². The average Bonchev–Trinajstić information content (AvgIpc) is 2.46. The molecule has 0 amide bonds. The monoisotopic (exact) mass is 188 g/mol. The maximum Gasteiger partial charge on any atom is 0.136 e. The van der Waals surface area contributed by atoms with E-state index in [9.17, 15) is 0 Å². The Kier molecular flexibility index (Phi) is 1.88. The third-order valence-electron chi connectivity index (χ3n) is 2.56. The predicted molar refractivity (Wildman–Crippen MR) is 58.6 cm³/mol. The van der Waals surface area contributed by atoms with Crippen molar-refractivity contribution in [1.29, 1.82) is 0 Å². The first-order valence-corrected chi connectivity index (χ1v) is 4.93. The second-order valence-electron chi connectivity index (χ2n) is 4.80. The molecule has 0 fully saturated rings. The van der Waals surface area contributed by atoms with Crippen LogP contribution < -0.4 is 0 Å². The van der Waals surface area contributed by atoms with Gasteiger partial charge in [0, 0.05) is 18.1 Å². The minimum Gasteiger partial charge on any atom is -0.304 e. The first-order valence-electron chi connectivity index (χ1n) is 4.93. The van der Waals surface area contributed by atoms with E-state index in [1.165, 1.54) is 11.3 Å². The van der Waals surface area contributed by atoms with Crippen LogP contribution in [0.5, 0.6) is 0 Å². The zero-order chi connectivity index (χ0) is 10.3. The van der Waals surface area contributed by atoms with Crippen LogP contribution in [-0.4, -0.2) is 9.38 Å². The normalized spacial score (nSPS) is 12.3. The third-order valence-corrected chi connectivity index (χ3v) is 2.56. The highest BCUT2D eigenvalue weighted by atomic mass is 15.0. The highest BCUT2D eigenvalue weighted by molar-refractivity contribution is 5.42. The molecule has 0 N–H and O–H groups in total. The first-order chi connectivity index (χ1) is 6.48. The summed E-state index contributed by atoms with van der Waals surface area (Å²) in [6.07, 6.45) is 4.08. The summed E-state index contributed by atoms with van der Waals surface area (Å²) in [7, 11) is 0. The number of hydrogen-bond acceptors (Lipinski definition) is 1. The predicted octanol–water partition coefficient (Wildman–Crippen LogP) is 2.94. The van der Waals surface area contributed by atoms with Gasteiger partial charge in [0.15, 0.2) is 0 Å². The first kappa shape index (κ1) is 9.25. The second-order valence-corrected chi connectivity index (χ2v) is 4.80. The fraction of sp³-hybridized carbons (Fsp3) is 0.417. The van der Waals surface area contributed by atoms with Gasteiger partial charge < -0.3 is 4.40 Å². The van der Waals surface area contributed by atoms with Crippen LogP contribution in [0, 0.1) is 6.92 Å². The quantitative estimate of drug-likeness (QED) is 0.621. The van der Waals surface area contributed by atoms with Crippen LogP contribution in [-0.2, 0) is 5.41 Å². The summed E-state index contributed by atoms with van der Waals surface area (Å²) >= 11 is 0. The smallest absolute Gasteiger partial charge is 0.136 e.